The van der Waals surface area contributed by atoms with Gasteiger partial charge < -0.3 is 9.88 Å². The molecule has 1 amide bonds. The second-order valence-corrected chi connectivity index (χ2v) is 6.00. The van der Waals surface area contributed by atoms with Gasteiger partial charge in [-0.1, -0.05) is 18.2 Å². The first kappa shape index (κ1) is 15.3. The number of carbonyl (C=O) groups excluding carboxylic acids is 1. The smallest absolute Gasteiger partial charge is 0.224 e. The van der Waals surface area contributed by atoms with Crippen LogP contribution in [0.15, 0.2) is 30.5 Å². The van der Waals surface area contributed by atoms with Gasteiger partial charge in [0.1, 0.15) is 0 Å². The maximum atomic E-state index is 12.3. The Labute approximate surface area is 135 Å². The van der Waals surface area contributed by atoms with E-state index in [1.54, 1.807) is 4.68 Å². The van der Waals surface area contributed by atoms with Crippen molar-refractivity contribution in [2.24, 2.45) is 14.1 Å². The highest BCUT2D eigenvalue weighted by molar-refractivity contribution is 5.92. The van der Waals surface area contributed by atoms with Crippen LogP contribution in [0.2, 0.25) is 0 Å². The molecule has 0 atom stereocenters. The summed E-state index contributed by atoms with van der Waals surface area (Å²) < 4.78 is 3.90. The first-order valence-electron chi connectivity index (χ1n) is 7.80. The van der Waals surface area contributed by atoms with Crippen molar-refractivity contribution >= 4 is 22.5 Å². The number of amides is 1. The lowest BCUT2D eigenvalue weighted by Gasteiger charge is -2.05. The van der Waals surface area contributed by atoms with Gasteiger partial charge in [-0.25, -0.2) is 0 Å². The first-order chi connectivity index (χ1) is 11.0. The summed E-state index contributed by atoms with van der Waals surface area (Å²) in [6.45, 7) is 3.87. The third-order valence-corrected chi connectivity index (χ3v) is 4.37. The van der Waals surface area contributed by atoms with E-state index in [1.165, 1.54) is 16.5 Å². The highest BCUT2D eigenvalue weighted by Gasteiger charge is 2.13. The zero-order valence-electron chi connectivity index (χ0n) is 14.1. The molecule has 0 saturated heterocycles. The lowest BCUT2D eigenvalue weighted by molar-refractivity contribution is -0.116. The van der Waals surface area contributed by atoms with E-state index >= 15 is 0 Å². The predicted molar refractivity (Wildman–Crippen MR) is 92.6 cm³/mol. The minimum atomic E-state index is 0.0251. The molecule has 5 nitrogen and oxygen atoms in total. The van der Waals surface area contributed by atoms with Crippen LogP contribution in [0.3, 0.4) is 0 Å². The minimum Gasteiger partial charge on any atom is -0.350 e. The van der Waals surface area contributed by atoms with Gasteiger partial charge in [-0.15, -0.1) is 0 Å². The molecule has 1 N–H and O–H groups in total. The normalized spacial score (nSPS) is 11.1. The highest BCUT2D eigenvalue weighted by Crippen LogP contribution is 2.22. The van der Waals surface area contributed by atoms with Gasteiger partial charge >= 0.3 is 0 Å². The second-order valence-electron chi connectivity index (χ2n) is 6.00. The van der Waals surface area contributed by atoms with Gasteiger partial charge in [0, 0.05) is 37.6 Å². The molecule has 1 aromatic carbocycles. The van der Waals surface area contributed by atoms with E-state index < -0.39 is 0 Å². The van der Waals surface area contributed by atoms with Crippen molar-refractivity contribution in [3.8, 4) is 0 Å². The van der Waals surface area contributed by atoms with E-state index in [4.69, 9.17) is 0 Å². The van der Waals surface area contributed by atoms with E-state index in [9.17, 15) is 4.79 Å². The molecule has 0 unspecified atom stereocenters. The quantitative estimate of drug-likeness (QED) is 0.805. The monoisotopic (exact) mass is 310 g/mol. The van der Waals surface area contributed by atoms with E-state index in [2.05, 4.69) is 33.3 Å². The van der Waals surface area contributed by atoms with Crippen LogP contribution in [0.1, 0.15) is 23.4 Å². The molecule has 0 aliphatic rings. The van der Waals surface area contributed by atoms with Crippen molar-refractivity contribution in [3.05, 3.63) is 47.4 Å². The Morgan fingerprint density at radius 3 is 2.65 bits per heavy atom. The summed E-state index contributed by atoms with van der Waals surface area (Å²) in [6.07, 6.45) is 3.30. The van der Waals surface area contributed by atoms with Crippen LogP contribution in [-0.2, 0) is 25.3 Å². The molecule has 2 aromatic heterocycles. The molecule has 0 spiro atoms. The summed E-state index contributed by atoms with van der Waals surface area (Å²) in [4.78, 5) is 12.3. The Hall–Kier alpha value is -2.56. The number of aromatic nitrogens is 3. The van der Waals surface area contributed by atoms with Crippen molar-refractivity contribution in [1.82, 2.24) is 14.3 Å². The van der Waals surface area contributed by atoms with Crippen LogP contribution >= 0.6 is 0 Å². The number of fused-ring (bicyclic) bond motifs is 1. The molecule has 0 bridgehead atoms. The van der Waals surface area contributed by atoms with Crippen molar-refractivity contribution in [1.29, 1.82) is 0 Å². The fourth-order valence-corrected chi connectivity index (χ4v) is 3.03. The number of nitrogens with one attached hydrogen (secondary N) is 1. The molecule has 2 heterocycles. The maximum absolute atomic E-state index is 12.3. The lowest BCUT2D eigenvalue weighted by Crippen LogP contribution is -2.13. The van der Waals surface area contributed by atoms with E-state index in [0.29, 0.717) is 6.42 Å². The number of carbonyl (C=O) groups is 1. The molecule has 3 rings (SSSR count). The number of hydrogen-bond acceptors (Lipinski definition) is 2. The number of benzene rings is 1. The fraction of sp³-hybridized carbons (Fsp3) is 0.333. The first-order valence-corrected chi connectivity index (χ1v) is 7.80. The molecule has 0 saturated carbocycles. The summed E-state index contributed by atoms with van der Waals surface area (Å²) in [7, 11) is 3.92. The van der Waals surface area contributed by atoms with Crippen molar-refractivity contribution < 1.29 is 4.79 Å². The molecular weight excluding hydrogens is 288 g/mol. The molecule has 3 aromatic rings. The predicted octanol–water partition coefficient (Wildman–Crippen LogP) is 3.10. The van der Waals surface area contributed by atoms with Gasteiger partial charge in [0.25, 0.3) is 0 Å². The van der Waals surface area contributed by atoms with E-state index in [0.717, 1.165) is 23.5 Å². The summed E-state index contributed by atoms with van der Waals surface area (Å²) in [5.74, 6) is 0.0251. The molecule has 0 aliphatic heterocycles. The van der Waals surface area contributed by atoms with Gasteiger partial charge in [-0.05, 0) is 31.9 Å². The van der Waals surface area contributed by atoms with Crippen molar-refractivity contribution in [2.45, 2.75) is 26.7 Å². The number of para-hydroxylation sites is 1. The average molecular weight is 310 g/mol. The Kier molecular flexibility index (Phi) is 3.94. The standard InChI is InChI=1S/C18H22N4O/c1-12-18(13(2)22(4)20-12)19-17(23)10-9-14-11-21(3)16-8-6-5-7-15(14)16/h5-8,11H,9-10H2,1-4H3,(H,19,23). The summed E-state index contributed by atoms with van der Waals surface area (Å²) in [5, 5.41) is 8.54. The third-order valence-electron chi connectivity index (χ3n) is 4.37. The number of nitrogens with zero attached hydrogens (tertiary/aromatic N) is 3. The average Bonchev–Trinajstić information content (AvgIpc) is 2.97. The number of hydrogen-bond donors (Lipinski definition) is 1. The molecule has 0 fully saturated rings. The second kappa shape index (κ2) is 5.91. The van der Waals surface area contributed by atoms with Gasteiger partial charge in [-0.3, -0.25) is 9.48 Å². The molecule has 120 valence electrons. The van der Waals surface area contributed by atoms with Gasteiger partial charge in [-0.2, -0.15) is 5.10 Å². The van der Waals surface area contributed by atoms with Crippen LogP contribution < -0.4 is 5.32 Å². The topological polar surface area (TPSA) is 51.9 Å². The Balaban J connectivity index is 1.71. The summed E-state index contributed by atoms with van der Waals surface area (Å²) in [5.41, 5.74) is 5.06. The largest absolute Gasteiger partial charge is 0.350 e. The van der Waals surface area contributed by atoms with Crippen molar-refractivity contribution in [2.75, 3.05) is 5.32 Å². The molecule has 5 heteroatoms. The van der Waals surface area contributed by atoms with E-state index in [1.807, 2.05) is 40.1 Å². The highest BCUT2D eigenvalue weighted by atomic mass is 16.1. The van der Waals surface area contributed by atoms with Crippen LogP contribution in [-0.4, -0.2) is 20.3 Å². The maximum Gasteiger partial charge on any atom is 0.224 e. The number of aryl methyl sites for hydroxylation is 4. The third kappa shape index (κ3) is 2.86. The van der Waals surface area contributed by atoms with E-state index in [-0.39, 0.29) is 5.91 Å². The molecule has 0 aliphatic carbocycles. The fourth-order valence-electron chi connectivity index (χ4n) is 3.03. The lowest BCUT2D eigenvalue weighted by atomic mass is 10.1. The Morgan fingerprint density at radius 2 is 1.96 bits per heavy atom. The van der Waals surface area contributed by atoms with Crippen LogP contribution in [0.25, 0.3) is 10.9 Å². The van der Waals surface area contributed by atoms with Crippen LogP contribution in [0, 0.1) is 13.8 Å². The number of anilines is 1. The molecule has 0 radical (unpaired) electrons. The summed E-state index contributed by atoms with van der Waals surface area (Å²) in [6, 6.07) is 8.28. The SMILES string of the molecule is Cc1nn(C)c(C)c1NC(=O)CCc1cn(C)c2ccccc12. The minimum absolute atomic E-state index is 0.0251. The Morgan fingerprint density at radius 1 is 1.22 bits per heavy atom. The van der Waals surface area contributed by atoms with Gasteiger partial charge in [0.15, 0.2) is 0 Å². The zero-order valence-corrected chi connectivity index (χ0v) is 14.1. The van der Waals surface area contributed by atoms with Gasteiger partial charge in [0.2, 0.25) is 5.91 Å². The van der Waals surface area contributed by atoms with Gasteiger partial charge in [0.05, 0.1) is 17.1 Å². The molecular formula is C18H22N4O. The number of rotatable bonds is 4. The summed E-state index contributed by atoms with van der Waals surface area (Å²) >= 11 is 0. The van der Waals surface area contributed by atoms with Crippen molar-refractivity contribution in [3.63, 3.8) is 0 Å². The van der Waals surface area contributed by atoms with Crippen LogP contribution in [0.5, 0.6) is 0 Å². The molecule has 23 heavy (non-hydrogen) atoms. The zero-order chi connectivity index (χ0) is 16.6. The van der Waals surface area contributed by atoms with Crippen LogP contribution in [0.4, 0.5) is 5.69 Å². The Bertz CT molecular complexity index is 873.